The zero-order valence-electron chi connectivity index (χ0n) is 13.6. The van der Waals surface area contributed by atoms with Crippen LogP contribution in [0.2, 0.25) is 0 Å². The van der Waals surface area contributed by atoms with Gasteiger partial charge in [-0.25, -0.2) is 4.39 Å². The zero-order chi connectivity index (χ0) is 17.6. The van der Waals surface area contributed by atoms with Crippen LogP contribution in [0.25, 0.3) is 0 Å². The summed E-state index contributed by atoms with van der Waals surface area (Å²) >= 11 is 1.25. The smallest absolute Gasteiger partial charge is 0.286 e. The normalized spacial score (nSPS) is 10.8. The predicted octanol–water partition coefficient (Wildman–Crippen LogP) is 3.56. The molecule has 3 aromatic rings. The van der Waals surface area contributed by atoms with Gasteiger partial charge in [0.2, 0.25) is 5.01 Å². The van der Waals surface area contributed by atoms with Crippen LogP contribution in [0.4, 0.5) is 10.1 Å². The Morgan fingerprint density at radius 2 is 1.80 bits per heavy atom. The monoisotopic (exact) mass is 356 g/mol. The van der Waals surface area contributed by atoms with Gasteiger partial charge in [0.1, 0.15) is 10.8 Å². The van der Waals surface area contributed by atoms with Crippen molar-refractivity contribution in [2.45, 2.75) is 13.1 Å². The number of hydrogen-bond acceptors (Lipinski definition) is 5. The Labute approximate surface area is 149 Å². The lowest BCUT2D eigenvalue weighted by molar-refractivity contribution is 0.102. The van der Waals surface area contributed by atoms with Gasteiger partial charge in [-0.1, -0.05) is 41.7 Å². The molecule has 0 bridgehead atoms. The fourth-order valence-corrected chi connectivity index (χ4v) is 3.12. The van der Waals surface area contributed by atoms with Gasteiger partial charge in [-0.05, 0) is 36.9 Å². The summed E-state index contributed by atoms with van der Waals surface area (Å²) < 4.78 is 12.9. The Morgan fingerprint density at radius 1 is 1.08 bits per heavy atom. The van der Waals surface area contributed by atoms with E-state index in [-0.39, 0.29) is 16.7 Å². The second kappa shape index (κ2) is 7.96. The highest BCUT2D eigenvalue weighted by molar-refractivity contribution is 7.13. The molecule has 2 aromatic carbocycles. The average molecular weight is 356 g/mol. The van der Waals surface area contributed by atoms with Gasteiger partial charge in [-0.3, -0.25) is 9.69 Å². The number of anilines is 1. The molecule has 0 aliphatic rings. The molecule has 5 nitrogen and oxygen atoms in total. The first-order chi connectivity index (χ1) is 12.1. The van der Waals surface area contributed by atoms with Crippen LogP contribution in [-0.4, -0.2) is 28.1 Å². The van der Waals surface area contributed by atoms with E-state index in [1.54, 1.807) is 0 Å². The first-order valence-corrected chi connectivity index (χ1v) is 8.53. The highest BCUT2D eigenvalue weighted by Gasteiger charge is 2.14. The van der Waals surface area contributed by atoms with Crippen LogP contribution in [-0.2, 0) is 13.1 Å². The molecule has 25 heavy (non-hydrogen) atoms. The van der Waals surface area contributed by atoms with Crippen molar-refractivity contribution in [2.24, 2.45) is 0 Å². The summed E-state index contributed by atoms with van der Waals surface area (Å²) in [5.41, 5.74) is 1.73. The van der Waals surface area contributed by atoms with E-state index in [0.717, 1.165) is 11.6 Å². The molecular formula is C18H17FN4OS. The van der Waals surface area contributed by atoms with Gasteiger partial charge in [-0.2, -0.15) is 0 Å². The van der Waals surface area contributed by atoms with E-state index in [2.05, 4.69) is 32.5 Å². The van der Waals surface area contributed by atoms with Gasteiger partial charge >= 0.3 is 0 Å². The van der Waals surface area contributed by atoms with Crippen molar-refractivity contribution >= 4 is 22.9 Å². The van der Waals surface area contributed by atoms with Gasteiger partial charge < -0.3 is 5.32 Å². The van der Waals surface area contributed by atoms with E-state index in [9.17, 15) is 9.18 Å². The number of nitrogens with one attached hydrogen (secondary N) is 1. The molecule has 7 heteroatoms. The Bertz CT molecular complexity index is 836. The number of hydrogen-bond donors (Lipinski definition) is 1. The number of aromatic nitrogens is 2. The Kier molecular flexibility index (Phi) is 5.47. The summed E-state index contributed by atoms with van der Waals surface area (Å²) in [6, 6.07) is 15.7. The van der Waals surface area contributed by atoms with E-state index in [1.165, 1.54) is 41.2 Å². The minimum absolute atomic E-state index is 0.285. The molecule has 128 valence electrons. The van der Waals surface area contributed by atoms with Gasteiger partial charge in [0.05, 0.1) is 6.54 Å². The second-order valence-electron chi connectivity index (χ2n) is 5.62. The van der Waals surface area contributed by atoms with Crippen molar-refractivity contribution in [1.82, 2.24) is 15.1 Å². The summed E-state index contributed by atoms with van der Waals surface area (Å²) in [6.45, 7) is 1.40. The van der Waals surface area contributed by atoms with Crippen molar-refractivity contribution in [3.05, 3.63) is 76.0 Å². The van der Waals surface area contributed by atoms with Crippen molar-refractivity contribution in [3.63, 3.8) is 0 Å². The molecule has 0 atom stereocenters. The van der Waals surface area contributed by atoms with Crippen LogP contribution in [0.1, 0.15) is 20.4 Å². The minimum Gasteiger partial charge on any atom is -0.320 e. The number of rotatable bonds is 6. The SMILES string of the molecule is CN(Cc1ccccc1)Cc1nnc(C(=O)Nc2ccc(F)cc2)s1. The molecule has 1 N–H and O–H groups in total. The second-order valence-corrected chi connectivity index (χ2v) is 6.68. The summed E-state index contributed by atoms with van der Waals surface area (Å²) in [5.74, 6) is -0.696. The number of carbonyl (C=O) groups excluding carboxylic acids is 1. The van der Waals surface area contributed by atoms with E-state index < -0.39 is 0 Å². The third-order valence-corrected chi connectivity index (χ3v) is 4.37. The third kappa shape index (κ3) is 4.91. The summed E-state index contributed by atoms with van der Waals surface area (Å²) in [4.78, 5) is 14.3. The molecule has 1 aromatic heterocycles. The van der Waals surface area contributed by atoms with Crippen LogP contribution in [0.3, 0.4) is 0 Å². The molecular weight excluding hydrogens is 339 g/mol. The van der Waals surface area contributed by atoms with Crippen LogP contribution >= 0.6 is 11.3 Å². The number of amides is 1. The topological polar surface area (TPSA) is 58.1 Å². The lowest BCUT2D eigenvalue weighted by Gasteiger charge is -2.14. The van der Waals surface area contributed by atoms with E-state index >= 15 is 0 Å². The highest BCUT2D eigenvalue weighted by Crippen LogP contribution is 2.16. The van der Waals surface area contributed by atoms with Gasteiger partial charge in [-0.15, -0.1) is 10.2 Å². The van der Waals surface area contributed by atoms with Gasteiger partial charge in [0.25, 0.3) is 5.91 Å². The molecule has 0 unspecified atom stereocenters. The Morgan fingerprint density at radius 3 is 2.52 bits per heavy atom. The van der Waals surface area contributed by atoms with Crippen LogP contribution < -0.4 is 5.32 Å². The van der Waals surface area contributed by atoms with E-state index in [0.29, 0.717) is 12.2 Å². The summed E-state index contributed by atoms with van der Waals surface area (Å²) in [5, 5.41) is 11.8. The van der Waals surface area contributed by atoms with E-state index in [1.807, 2.05) is 25.2 Å². The zero-order valence-corrected chi connectivity index (χ0v) is 14.5. The Hall–Kier alpha value is -2.64. The number of nitrogens with zero attached hydrogens (tertiary/aromatic N) is 3. The molecule has 0 radical (unpaired) electrons. The molecule has 0 aliphatic heterocycles. The van der Waals surface area contributed by atoms with E-state index in [4.69, 9.17) is 0 Å². The lowest BCUT2D eigenvalue weighted by atomic mass is 10.2. The predicted molar refractivity (Wildman–Crippen MR) is 95.9 cm³/mol. The quantitative estimate of drug-likeness (QED) is 0.734. The molecule has 1 heterocycles. The maximum absolute atomic E-state index is 12.9. The van der Waals surface area contributed by atoms with Crippen LogP contribution in [0.15, 0.2) is 54.6 Å². The number of benzene rings is 2. The first-order valence-electron chi connectivity index (χ1n) is 7.72. The number of halogens is 1. The largest absolute Gasteiger partial charge is 0.320 e. The van der Waals surface area contributed by atoms with Crippen molar-refractivity contribution in [1.29, 1.82) is 0 Å². The van der Waals surface area contributed by atoms with Crippen molar-refractivity contribution < 1.29 is 9.18 Å². The van der Waals surface area contributed by atoms with Crippen molar-refractivity contribution in [3.8, 4) is 0 Å². The maximum atomic E-state index is 12.9. The fourth-order valence-electron chi connectivity index (χ4n) is 2.31. The van der Waals surface area contributed by atoms with Crippen molar-refractivity contribution in [2.75, 3.05) is 12.4 Å². The average Bonchev–Trinajstić information content (AvgIpc) is 3.06. The lowest BCUT2D eigenvalue weighted by Crippen LogP contribution is -2.17. The fraction of sp³-hybridized carbons (Fsp3) is 0.167. The molecule has 0 saturated carbocycles. The third-order valence-electron chi connectivity index (χ3n) is 3.46. The molecule has 0 aliphatic carbocycles. The van der Waals surface area contributed by atoms with Gasteiger partial charge in [0.15, 0.2) is 0 Å². The molecule has 1 amide bonds. The highest BCUT2D eigenvalue weighted by atomic mass is 32.1. The maximum Gasteiger partial charge on any atom is 0.286 e. The first kappa shape index (κ1) is 17.2. The standard InChI is InChI=1S/C18H17FN4OS/c1-23(11-13-5-3-2-4-6-13)12-16-21-22-18(25-16)17(24)20-15-9-7-14(19)8-10-15/h2-10H,11-12H2,1H3,(H,20,24). The minimum atomic E-state index is -0.349. The summed E-state index contributed by atoms with van der Waals surface area (Å²) in [7, 11) is 1.99. The van der Waals surface area contributed by atoms with Crippen LogP contribution in [0, 0.1) is 5.82 Å². The molecule has 0 fully saturated rings. The molecule has 0 spiro atoms. The van der Waals surface area contributed by atoms with Crippen LogP contribution in [0.5, 0.6) is 0 Å². The van der Waals surface area contributed by atoms with Gasteiger partial charge in [0, 0.05) is 12.2 Å². The summed E-state index contributed by atoms with van der Waals surface area (Å²) in [6.07, 6.45) is 0. The molecule has 3 rings (SSSR count). The number of carbonyl (C=O) groups is 1. The Balaban J connectivity index is 1.58. The molecule has 0 saturated heterocycles.